The van der Waals surface area contributed by atoms with Crippen molar-refractivity contribution < 1.29 is 0 Å². The predicted molar refractivity (Wildman–Crippen MR) is 72.2 cm³/mol. The van der Waals surface area contributed by atoms with Crippen molar-refractivity contribution in [3.63, 3.8) is 0 Å². The van der Waals surface area contributed by atoms with Gasteiger partial charge in [0.05, 0.1) is 17.6 Å². The topological polar surface area (TPSA) is 72.5 Å². The van der Waals surface area contributed by atoms with Crippen molar-refractivity contribution in [3.8, 4) is 11.3 Å². The summed E-state index contributed by atoms with van der Waals surface area (Å²) in [7, 11) is 1.96. The summed E-state index contributed by atoms with van der Waals surface area (Å²) in [5.74, 6) is 0.991. The first-order valence-electron chi connectivity index (χ1n) is 6.29. The van der Waals surface area contributed by atoms with E-state index in [-0.39, 0.29) is 6.04 Å². The standard InChI is InChI=1S/C13H21N5/c1-8(14)5-6-12-15-7-11(16-12)13-9(2)17-18(4)10(13)3/h7-8H,5-6,14H2,1-4H3,(H,15,16). The first-order valence-corrected chi connectivity index (χ1v) is 6.29. The summed E-state index contributed by atoms with van der Waals surface area (Å²) in [6.45, 7) is 6.10. The van der Waals surface area contributed by atoms with Gasteiger partial charge in [0.25, 0.3) is 0 Å². The van der Waals surface area contributed by atoms with Gasteiger partial charge >= 0.3 is 0 Å². The van der Waals surface area contributed by atoms with Crippen LogP contribution in [0.3, 0.4) is 0 Å². The molecule has 2 aromatic heterocycles. The summed E-state index contributed by atoms with van der Waals surface area (Å²) in [6, 6.07) is 0.209. The van der Waals surface area contributed by atoms with E-state index in [9.17, 15) is 0 Å². The summed E-state index contributed by atoms with van der Waals surface area (Å²) in [5, 5.41) is 4.42. The number of hydrogen-bond donors (Lipinski definition) is 2. The van der Waals surface area contributed by atoms with Gasteiger partial charge in [-0.05, 0) is 27.2 Å². The third-order valence-corrected chi connectivity index (χ3v) is 3.24. The van der Waals surface area contributed by atoms with E-state index in [2.05, 4.69) is 22.0 Å². The molecule has 0 spiro atoms. The molecule has 0 amide bonds. The highest BCUT2D eigenvalue weighted by atomic mass is 15.3. The molecule has 2 heterocycles. The highest BCUT2D eigenvalue weighted by Crippen LogP contribution is 2.24. The fraction of sp³-hybridized carbons (Fsp3) is 0.538. The molecule has 18 heavy (non-hydrogen) atoms. The molecule has 0 aliphatic carbocycles. The van der Waals surface area contributed by atoms with Crippen LogP contribution in [0.1, 0.15) is 30.6 Å². The molecule has 2 rings (SSSR count). The van der Waals surface area contributed by atoms with E-state index >= 15 is 0 Å². The highest BCUT2D eigenvalue weighted by molar-refractivity contribution is 5.64. The number of rotatable bonds is 4. The zero-order valence-electron chi connectivity index (χ0n) is 11.5. The maximum Gasteiger partial charge on any atom is 0.106 e. The molecule has 2 aromatic rings. The zero-order valence-corrected chi connectivity index (χ0v) is 11.5. The maximum atomic E-state index is 5.75. The van der Waals surface area contributed by atoms with Crippen molar-refractivity contribution in [2.75, 3.05) is 0 Å². The molecule has 0 fully saturated rings. The second-order valence-electron chi connectivity index (χ2n) is 4.93. The van der Waals surface area contributed by atoms with E-state index < -0.39 is 0 Å². The number of imidazole rings is 1. The van der Waals surface area contributed by atoms with Crippen molar-refractivity contribution in [3.05, 3.63) is 23.4 Å². The lowest BCUT2D eigenvalue weighted by Gasteiger charge is -2.02. The molecule has 5 heteroatoms. The lowest BCUT2D eigenvalue weighted by molar-refractivity contribution is 0.652. The Morgan fingerprint density at radius 2 is 2.17 bits per heavy atom. The number of aryl methyl sites for hydroxylation is 3. The quantitative estimate of drug-likeness (QED) is 0.863. The molecule has 0 bridgehead atoms. The Balaban J connectivity index is 2.24. The van der Waals surface area contributed by atoms with Crippen LogP contribution in [0, 0.1) is 13.8 Å². The molecule has 0 radical (unpaired) electrons. The van der Waals surface area contributed by atoms with Crippen LogP contribution in [-0.4, -0.2) is 25.8 Å². The molecule has 98 valence electrons. The Bertz CT molecular complexity index is 536. The van der Waals surface area contributed by atoms with E-state index in [0.717, 1.165) is 41.3 Å². The molecule has 3 N–H and O–H groups in total. The van der Waals surface area contributed by atoms with E-state index in [0.29, 0.717) is 0 Å². The molecule has 0 aliphatic rings. The first-order chi connectivity index (χ1) is 8.49. The van der Waals surface area contributed by atoms with Gasteiger partial charge in [0.1, 0.15) is 5.82 Å². The van der Waals surface area contributed by atoms with Crippen LogP contribution in [0.5, 0.6) is 0 Å². The first kappa shape index (κ1) is 12.8. The van der Waals surface area contributed by atoms with Crippen LogP contribution >= 0.6 is 0 Å². The molecular weight excluding hydrogens is 226 g/mol. The largest absolute Gasteiger partial charge is 0.342 e. The van der Waals surface area contributed by atoms with Gasteiger partial charge in [-0.25, -0.2) is 4.98 Å². The molecule has 5 nitrogen and oxygen atoms in total. The van der Waals surface area contributed by atoms with Crippen molar-refractivity contribution in [2.45, 2.75) is 39.7 Å². The Labute approximate surface area is 107 Å². The number of nitrogens with two attached hydrogens (primary N) is 1. The number of aromatic amines is 1. The highest BCUT2D eigenvalue weighted by Gasteiger charge is 2.13. The zero-order chi connectivity index (χ0) is 13.3. The summed E-state index contributed by atoms with van der Waals surface area (Å²) in [4.78, 5) is 7.77. The smallest absolute Gasteiger partial charge is 0.106 e. The number of nitrogens with zero attached hydrogens (tertiary/aromatic N) is 3. The minimum Gasteiger partial charge on any atom is -0.342 e. The third kappa shape index (κ3) is 2.46. The van der Waals surface area contributed by atoms with Crippen molar-refractivity contribution in [2.24, 2.45) is 12.8 Å². The SMILES string of the molecule is Cc1nn(C)c(C)c1-c1cnc(CCC(C)N)[nH]1. The molecular formula is C13H21N5. The Morgan fingerprint density at radius 1 is 1.44 bits per heavy atom. The van der Waals surface area contributed by atoms with Gasteiger partial charge in [-0.2, -0.15) is 5.10 Å². The summed E-state index contributed by atoms with van der Waals surface area (Å²) < 4.78 is 1.90. The normalized spacial score (nSPS) is 12.9. The lowest BCUT2D eigenvalue weighted by Crippen LogP contribution is -2.15. The van der Waals surface area contributed by atoms with Gasteiger partial charge in [-0.3, -0.25) is 4.68 Å². The molecule has 1 unspecified atom stereocenters. The summed E-state index contributed by atoms with van der Waals surface area (Å²) >= 11 is 0. The molecule has 0 saturated carbocycles. The number of nitrogens with one attached hydrogen (secondary N) is 1. The molecule has 0 aromatic carbocycles. The van der Waals surface area contributed by atoms with Crippen molar-refractivity contribution in [1.29, 1.82) is 0 Å². The van der Waals surface area contributed by atoms with Gasteiger partial charge in [0.2, 0.25) is 0 Å². The van der Waals surface area contributed by atoms with Crippen LogP contribution in [0.15, 0.2) is 6.20 Å². The lowest BCUT2D eigenvalue weighted by atomic mass is 10.1. The Hall–Kier alpha value is -1.62. The predicted octanol–water partition coefficient (Wildman–Crippen LogP) is 1.71. The third-order valence-electron chi connectivity index (χ3n) is 3.24. The van der Waals surface area contributed by atoms with E-state index in [1.54, 1.807) is 0 Å². The van der Waals surface area contributed by atoms with Gasteiger partial charge in [0.15, 0.2) is 0 Å². The van der Waals surface area contributed by atoms with Crippen LogP contribution in [0.4, 0.5) is 0 Å². The minimum atomic E-state index is 0.209. The van der Waals surface area contributed by atoms with E-state index in [1.807, 2.05) is 31.8 Å². The average molecular weight is 247 g/mol. The Morgan fingerprint density at radius 3 is 2.72 bits per heavy atom. The minimum absolute atomic E-state index is 0.209. The molecule has 1 atom stereocenters. The summed E-state index contributed by atoms with van der Waals surface area (Å²) in [5.41, 5.74) is 10.1. The number of hydrogen-bond acceptors (Lipinski definition) is 3. The van der Waals surface area contributed by atoms with Gasteiger partial charge in [-0.1, -0.05) is 0 Å². The van der Waals surface area contributed by atoms with Gasteiger partial charge < -0.3 is 10.7 Å². The molecule has 0 aliphatic heterocycles. The van der Waals surface area contributed by atoms with Gasteiger partial charge in [-0.15, -0.1) is 0 Å². The average Bonchev–Trinajstić information content (AvgIpc) is 2.83. The fourth-order valence-corrected chi connectivity index (χ4v) is 2.14. The summed E-state index contributed by atoms with van der Waals surface area (Å²) in [6.07, 6.45) is 3.71. The van der Waals surface area contributed by atoms with Crippen molar-refractivity contribution >= 4 is 0 Å². The van der Waals surface area contributed by atoms with Crippen LogP contribution in [0.2, 0.25) is 0 Å². The number of aromatic nitrogens is 4. The van der Waals surface area contributed by atoms with Crippen molar-refractivity contribution in [1.82, 2.24) is 19.7 Å². The van der Waals surface area contributed by atoms with Gasteiger partial charge in [0, 0.05) is 30.8 Å². The van der Waals surface area contributed by atoms with Crippen LogP contribution < -0.4 is 5.73 Å². The number of H-pyrrole nitrogens is 1. The van der Waals surface area contributed by atoms with E-state index in [4.69, 9.17) is 5.73 Å². The second kappa shape index (κ2) is 4.94. The second-order valence-corrected chi connectivity index (χ2v) is 4.93. The van der Waals surface area contributed by atoms with Crippen LogP contribution in [-0.2, 0) is 13.5 Å². The Kier molecular flexibility index (Phi) is 3.52. The van der Waals surface area contributed by atoms with E-state index in [1.165, 1.54) is 0 Å². The maximum absolute atomic E-state index is 5.75. The monoisotopic (exact) mass is 247 g/mol. The van der Waals surface area contributed by atoms with Crippen LogP contribution in [0.25, 0.3) is 11.3 Å². The molecule has 0 saturated heterocycles. The fourth-order valence-electron chi connectivity index (χ4n) is 2.14.